The van der Waals surface area contributed by atoms with Crippen LogP contribution in [-0.4, -0.2) is 14.3 Å². The van der Waals surface area contributed by atoms with Gasteiger partial charge in [0.15, 0.2) is 0 Å². The Bertz CT molecular complexity index is 937. The molecule has 1 aromatic carbocycles. The van der Waals surface area contributed by atoms with E-state index in [1.165, 1.54) is 10.2 Å². The van der Waals surface area contributed by atoms with Gasteiger partial charge in [-0.05, 0) is 52.2 Å². The van der Waals surface area contributed by atoms with Gasteiger partial charge in [-0.1, -0.05) is 0 Å². The van der Waals surface area contributed by atoms with Gasteiger partial charge in [0.25, 0.3) is 15.9 Å². The van der Waals surface area contributed by atoms with Crippen LogP contribution in [0.2, 0.25) is 0 Å². The second-order valence-corrected chi connectivity index (χ2v) is 8.66. The number of hydrazine groups is 1. The molecule has 1 aromatic heterocycles. The second-order valence-electron chi connectivity index (χ2n) is 4.90. The van der Waals surface area contributed by atoms with Crippen LogP contribution in [0.4, 0.5) is 26.3 Å². The summed E-state index contributed by atoms with van der Waals surface area (Å²) in [6, 6.07) is 1.43. The number of hydrogen-bond acceptors (Lipinski definition) is 4. The first-order valence-electron chi connectivity index (χ1n) is 6.56. The number of sulfonamides is 1. The van der Waals surface area contributed by atoms with Gasteiger partial charge in [-0.3, -0.25) is 10.2 Å². The predicted molar refractivity (Wildman–Crippen MR) is 91.3 cm³/mol. The van der Waals surface area contributed by atoms with Crippen LogP contribution in [0.25, 0.3) is 0 Å². The summed E-state index contributed by atoms with van der Waals surface area (Å²) >= 11 is 2.76. The van der Waals surface area contributed by atoms with E-state index in [9.17, 15) is 39.6 Å². The van der Waals surface area contributed by atoms with E-state index >= 15 is 0 Å². The maximum Gasteiger partial charge on any atom is 0.416 e. The number of hydrogen-bond donors (Lipinski definition) is 2. The van der Waals surface area contributed by atoms with Gasteiger partial charge >= 0.3 is 12.4 Å². The lowest BCUT2D eigenvalue weighted by Gasteiger charge is -2.15. The van der Waals surface area contributed by atoms with Crippen molar-refractivity contribution < 1.29 is 39.6 Å². The fraction of sp³-hybridized carbons (Fsp3) is 0.154. The highest BCUT2D eigenvalue weighted by atomic mass is 127. The summed E-state index contributed by atoms with van der Waals surface area (Å²) in [5, 5.41) is 1.54. The highest BCUT2D eigenvalue weighted by Crippen LogP contribution is 2.37. The van der Waals surface area contributed by atoms with E-state index in [1.807, 2.05) is 0 Å². The van der Waals surface area contributed by atoms with E-state index in [1.54, 1.807) is 34.1 Å². The molecule has 0 radical (unpaired) electrons. The van der Waals surface area contributed by atoms with Crippen molar-refractivity contribution in [3.8, 4) is 0 Å². The molecule has 2 rings (SSSR count). The number of nitrogens with one attached hydrogen (secondary N) is 2. The quantitative estimate of drug-likeness (QED) is 0.347. The number of carbonyl (C=O) groups is 1. The molecular weight excluding hydrogens is 537 g/mol. The molecule has 2 aromatic rings. The van der Waals surface area contributed by atoms with Gasteiger partial charge in [-0.2, -0.15) is 26.3 Å². The van der Waals surface area contributed by atoms with Gasteiger partial charge < -0.3 is 0 Å². The van der Waals surface area contributed by atoms with Crippen molar-refractivity contribution >= 4 is 49.9 Å². The second kappa shape index (κ2) is 7.56. The molecular formula is C13H7F6IN2O3S2. The summed E-state index contributed by atoms with van der Waals surface area (Å²) in [6.45, 7) is 0. The SMILES string of the molecule is O=C(NNS(=O)(=O)c1cc(C(F)(F)F)cc(C(F)(F)F)c1)c1sccc1I. The molecule has 0 aliphatic rings. The van der Waals surface area contributed by atoms with E-state index in [0.29, 0.717) is 3.57 Å². The Morgan fingerprint density at radius 1 is 1.00 bits per heavy atom. The van der Waals surface area contributed by atoms with Crippen molar-refractivity contribution in [2.75, 3.05) is 0 Å². The lowest BCUT2D eigenvalue weighted by Crippen LogP contribution is -2.41. The van der Waals surface area contributed by atoms with Crippen molar-refractivity contribution in [3.05, 3.63) is 49.2 Å². The number of benzene rings is 1. The van der Waals surface area contributed by atoms with Crippen LogP contribution in [0.3, 0.4) is 0 Å². The lowest BCUT2D eigenvalue weighted by molar-refractivity contribution is -0.143. The van der Waals surface area contributed by atoms with Gasteiger partial charge in [0.1, 0.15) is 4.88 Å². The molecule has 1 heterocycles. The van der Waals surface area contributed by atoms with Crippen molar-refractivity contribution in [3.63, 3.8) is 0 Å². The monoisotopic (exact) mass is 544 g/mol. The summed E-state index contributed by atoms with van der Waals surface area (Å²) in [7, 11) is -4.90. The lowest BCUT2D eigenvalue weighted by atomic mass is 10.1. The number of carbonyl (C=O) groups excluding carboxylic acids is 1. The van der Waals surface area contributed by atoms with E-state index < -0.39 is 44.3 Å². The molecule has 0 saturated carbocycles. The van der Waals surface area contributed by atoms with Gasteiger partial charge in [0.05, 0.1) is 16.0 Å². The Morgan fingerprint density at radius 3 is 1.93 bits per heavy atom. The summed E-state index contributed by atoms with van der Waals surface area (Å²) in [6.07, 6.45) is -10.4. The highest BCUT2D eigenvalue weighted by molar-refractivity contribution is 14.1. The number of amides is 1. The first-order chi connectivity index (χ1) is 12.2. The fourth-order valence-electron chi connectivity index (χ4n) is 1.77. The maximum absolute atomic E-state index is 12.8. The zero-order valence-corrected chi connectivity index (χ0v) is 16.4. The largest absolute Gasteiger partial charge is 0.416 e. The van der Waals surface area contributed by atoms with Crippen molar-refractivity contribution in [2.24, 2.45) is 0 Å². The van der Waals surface area contributed by atoms with Crippen LogP contribution >= 0.6 is 33.9 Å². The average molecular weight is 544 g/mol. The molecule has 0 atom stereocenters. The molecule has 0 bridgehead atoms. The van der Waals surface area contributed by atoms with Crippen LogP contribution in [0.15, 0.2) is 34.5 Å². The molecule has 0 saturated heterocycles. The van der Waals surface area contributed by atoms with Crippen molar-refractivity contribution in [1.82, 2.24) is 10.3 Å². The zero-order valence-electron chi connectivity index (χ0n) is 12.6. The third kappa shape index (κ3) is 5.32. The Balaban J connectivity index is 2.37. The minimum Gasteiger partial charge on any atom is -0.273 e. The summed E-state index contributed by atoms with van der Waals surface area (Å²) in [5.74, 6) is -0.916. The predicted octanol–water partition coefficient (Wildman–Crippen LogP) is 4.01. The van der Waals surface area contributed by atoms with Gasteiger partial charge in [0, 0.05) is 3.57 Å². The summed E-state index contributed by atoms with van der Waals surface area (Å²) < 4.78 is 102. The molecule has 1 amide bonds. The van der Waals surface area contributed by atoms with Crippen LogP contribution < -0.4 is 10.3 Å². The number of thiophene rings is 1. The molecule has 0 fully saturated rings. The molecule has 0 aliphatic carbocycles. The minimum atomic E-state index is -5.21. The maximum atomic E-state index is 12.8. The average Bonchev–Trinajstić information content (AvgIpc) is 2.97. The van der Waals surface area contributed by atoms with E-state index in [0.717, 1.165) is 11.3 Å². The summed E-state index contributed by atoms with van der Waals surface area (Å²) in [5.41, 5.74) is -1.84. The molecule has 27 heavy (non-hydrogen) atoms. The van der Waals surface area contributed by atoms with Crippen LogP contribution in [0, 0.1) is 3.57 Å². The molecule has 148 valence electrons. The molecule has 0 aliphatic heterocycles. The number of alkyl halides is 6. The molecule has 5 nitrogen and oxygen atoms in total. The number of rotatable bonds is 4. The topological polar surface area (TPSA) is 75.3 Å². The Morgan fingerprint density at radius 2 is 1.52 bits per heavy atom. The standard InChI is InChI=1S/C13H7F6IN2O3S2/c14-12(15,16)6-3-7(13(17,18)19)5-8(4-6)27(24,25)22-21-11(23)10-9(20)1-2-26-10/h1-5,22H,(H,21,23). The third-order valence-electron chi connectivity index (χ3n) is 2.99. The third-order valence-corrected chi connectivity index (χ3v) is 6.40. The van der Waals surface area contributed by atoms with Crippen LogP contribution in [0.1, 0.15) is 20.8 Å². The Labute approximate surface area is 165 Å². The minimum absolute atomic E-state index is 0.0403. The van der Waals surface area contributed by atoms with Crippen LogP contribution in [-0.2, 0) is 22.4 Å². The van der Waals surface area contributed by atoms with Gasteiger partial charge in [-0.15, -0.1) is 16.2 Å². The Hall–Kier alpha value is -1.39. The fourth-order valence-corrected chi connectivity index (χ4v) is 4.40. The summed E-state index contributed by atoms with van der Waals surface area (Å²) in [4.78, 5) is 12.2. The smallest absolute Gasteiger partial charge is 0.273 e. The van der Waals surface area contributed by atoms with E-state index in [2.05, 4.69) is 0 Å². The van der Waals surface area contributed by atoms with Gasteiger partial charge in [0.2, 0.25) is 0 Å². The van der Waals surface area contributed by atoms with Crippen molar-refractivity contribution in [2.45, 2.75) is 17.2 Å². The van der Waals surface area contributed by atoms with Crippen LogP contribution in [0.5, 0.6) is 0 Å². The first kappa shape index (κ1) is 21.9. The Kier molecular flexibility index (Phi) is 6.13. The molecule has 0 spiro atoms. The molecule has 2 N–H and O–H groups in total. The zero-order chi connectivity index (χ0) is 20.6. The van der Waals surface area contributed by atoms with E-state index in [-0.39, 0.29) is 23.1 Å². The van der Waals surface area contributed by atoms with E-state index in [4.69, 9.17) is 0 Å². The normalized spacial score (nSPS) is 12.9. The highest BCUT2D eigenvalue weighted by Gasteiger charge is 2.38. The van der Waals surface area contributed by atoms with Gasteiger partial charge in [-0.25, -0.2) is 8.42 Å². The molecule has 0 unspecified atom stereocenters. The molecule has 14 heteroatoms. The number of halogens is 7. The first-order valence-corrected chi connectivity index (χ1v) is 10.0. The van der Waals surface area contributed by atoms with Crippen molar-refractivity contribution in [1.29, 1.82) is 0 Å².